The molecule has 0 aliphatic rings. The Hall–Kier alpha value is -1.56. The van der Waals surface area contributed by atoms with E-state index in [0.29, 0.717) is 6.42 Å². The van der Waals surface area contributed by atoms with Crippen LogP contribution in [0.25, 0.3) is 0 Å². The van der Waals surface area contributed by atoms with Crippen LogP contribution >= 0.6 is 11.8 Å². The first-order valence-corrected chi connectivity index (χ1v) is 7.27. The maximum atomic E-state index is 12.7. The highest BCUT2D eigenvalue weighted by Gasteiger charge is 2.20. The lowest BCUT2D eigenvalue weighted by atomic mass is 10.0. The molecule has 2 N–H and O–H groups in total. The Morgan fingerprint density at radius 2 is 1.90 bits per heavy atom. The molecular weight excluding hydrogens is 281 g/mol. The highest BCUT2D eigenvalue weighted by atomic mass is 32.2. The molecule has 4 nitrogen and oxygen atoms in total. The fourth-order valence-corrected chi connectivity index (χ4v) is 2.32. The van der Waals surface area contributed by atoms with Crippen LogP contribution in [-0.4, -0.2) is 28.8 Å². The molecule has 1 atom stereocenters. The normalized spacial score (nSPS) is 12.2. The van der Waals surface area contributed by atoms with Gasteiger partial charge in [-0.15, -0.1) is 11.8 Å². The molecule has 6 heteroatoms. The number of hydrogen-bond acceptors (Lipinski definition) is 3. The van der Waals surface area contributed by atoms with E-state index in [-0.39, 0.29) is 23.4 Å². The van der Waals surface area contributed by atoms with Crippen molar-refractivity contribution in [3.63, 3.8) is 0 Å². The first-order chi connectivity index (χ1) is 9.38. The molecule has 0 aliphatic heterocycles. The number of nitrogens with one attached hydrogen (secondary N) is 1. The van der Waals surface area contributed by atoms with Crippen LogP contribution < -0.4 is 5.32 Å². The zero-order valence-electron chi connectivity index (χ0n) is 11.4. The molecule has 0 unspecified atom stereocenters. The molecule has 0 saturated heterocycles. The van der Waals surface area contributed by atoms with Gasteiger partial charge in [-0.2, -0.15) is 0 Å². The molecule has 0 saturated carbocycles. The third-order valence-corrected chi connectivity index (χ3v) is 3.54. The summed E-state index contributed by atoms with van der Waals surface area (Å²) in [7, 11) is 0. The van der Waals surface area contributed by atoms with Crippen molar-refractivity contribution in [1.29, 1.82) is 0 Å². The number of benzene rings is 1. The van der Waals surface area contributed by atoms with Crippen LogP contribution in [0.5, 0.6) is 0 Å². The Kier molecular flexibility index (Phi) is 6.51. The summed E-state index contributed by atoms with van der Waals surface area (Å²) in [4.78, 5) is 23.5. The van der Waals surface area contributed by atoms with Gasteiger partial charge in [0.25, 0.3) is 0 Å². The van der Waals surface area contributed by atoms with Crippen molar-refractivity contribution in [2.45, 2.75) is 31.2 Å². The first kappa shape index (κ1) is 16.5. The van der Waals surface area contributed by atoms with Gasteiger partial charge < -0.3 is 10.4 Å². The second-order valence-electron chi connectivity index (χ2n) is 4.83. The quantitative estimate of drug-likeness (QED) is 0.759. The summed E-state index contributed by atoms with van der Waals surface area (Å²) in [6, 6.07) is 4.93. The molecule has 0 bridgehead atoms. The van der Waals surface area contributed by atoms with Crippen molar-refractivity contribution in [3.05, 3.63) is 30.1 Å². The number of carboxylic acids is 1. The lowest BCUT2D eigenvalue weighted by Crippen LogP contribution is -2.42. The van der Waals surface area contributed by atoms with Crippen LogP contribution in [0, 0.1) is 11.7 Å². The van der Waals surface area contributed by atoms with E-state index in [0.717, 1.165) is 4.90 Å². The number of halogens is 1. The molecule has 1 aromatic carbocycles. The van der Waals surface area contributed by atoms with Gasteiger partial charge in [-0.1, -0.05) is 13.8 Å². The second kappa shape index (κ2) is 7.89. The predicted octanol–water partition coefficient (Wildman–Crippen LogP) is 2.53. The van der Waals surface area contributed by atoms with Crippen molar-refractivity contribution in [3.8, 4) is 0 Å². The van der Waals surface area contributed by atoms with Gasteiger partial charge in [-0.3, -0.25) is 4.79 Å². The molecule has 0 spiro atoms. The van der Waals surface area contributed by atoms with Gasteiger partial charge in [0, 0.05) is 4.90 Å². The number of thioether (sulfide) groups is 1. The summed E-state index contributed by atoms with van der Waals surface area (Å²) < 4.78 is 12.7. The second-order valence-corrected chi connectivity index (χ2v) is 5.88. The van der Waals surface area contributed by atoms with Crippen LogP contribution in [-0.2, 0) is 9.59 Å². The predicted molar refractivity (Wildman–Crippen MR) is 76.1 cm³/mol. The standard InChI is InChI=1S/C14H18FNO3S/c1-9(2)7-12(14(18)19)16-13(17)8-20-11-5-3-10(15)4-6-11/h3-6,9,12H,7-8H2,1-2H3,(H,16,17)(H,18,19)/t12-/m0/s1. The summed E-state index contributed by atoms with van der Waals surface area (Å²) in [5.41, 5.74) is 0. The van der Waals surface area contributed by atoms with Crippen molar-refractivity contribution >= 4 is 23.6 Å². The molecule has 0 heterocycles. The molecule has 110 valence electrons. The van der Waals surface area contributed by atoms with E-state index in [2.05, 4.69) is 5.32 Å². The maximum Gasteiger partial charge on any atom is 0.326 e. The average molecular weight is 299 g/mol. The third kappa shape index (κ3) is 6.06. The van der Waals surface area contributed by atoms with Gasteiger partial charge in [-0.05, 0) is 36.6 Å². The van der Waals surface area contributed by atoms with Crippen molar-refractivity contribution in [2.75, 3.05) is 5.75 Å². The smallest absolute Gasteiger partial charge is 0.326 e. The van der Waals surface area contributed by atoms with E-state index >= 15 is 0 Å². The summed E-state index contributed by atoms with van der Waals surface area (Å²) in [6.45, 7) is 3.80. The molecule has 1 aromatic rings. The number of hydrogen-bond donors (Lipinski definition) is 2. The lowest BCUT2D eigenvalue weighted by Gasteiger charge is -2.16. The van der Waals surface area contributed by atoms with Gasteiger partial charge in [-0.25, -0.2) is 9.18 Å². The summed E-state index contributed by atoms with van der Waals surface area (Å²) >= 11 is 1.24. The Balaban J connectivity index is 2.45. The van der Waals surface area contributed by atoms with Crippen LogP contribution in [0.2, 0.25) is 0 Å². The van der Waals surface area contributed by atoms with E-state index in [1.165, 1.54) is 23.9 Å². The maximum absolute atomic E-state index is 12.7. The Morgan fingerprint density at radius 3 is 2.40 bits per heavy atom. The molecular formula is C14H18FNO3S. The molecule has 1 rings (SSSR count). The number of aliphatic carboxylic acids is 1. The first-order valence-electron chi connectivity index (χ1n) is 6.29. The Bertz CT molecular complexity index is 462. The largest absolute Gasteiger partial charge is 0.480 e. The van der Waals surface area contributed by atoms with E-state index in [1.807, 2.05) is 13.8 Å². The monoisotopic (exact) mass is 299 g/mol. The molecule has 0 radical (unpaired) electrons. The van der Waals surface area contributed by atoms with E-state index in [1.54, 1.807) is 12.1 Å². The molecule has 0 aromatic heterocycles. The van der Waals surface area contributed by atoms with E-state index in [9.17, 15) is 14.0 Å². The third-order valence-electron chi connectivity index (χ3n) is 2.52. The molecule has 0 fully saturated rings. The number of carbonyl (C=O) groups is 2. The Labute approximate surface area is 121 Å². The number of rotatable bonds is 7. The van der Waals surface area contributed by atoms with E-state index in [4.69, 9.17) is 5.11 Å². The number of amides is 1. The minimum Gasteiger partial charge on any atom is -0.480 e. The number of carboxylic acid groups (broad SMARTS) is 1. The topological polar surface area (TPSA) is 66.4 Å². The summed E-state index contributed by atoms with van der Waals surface area (Å²) in [6.07, 6.45) is 0.391. The van der Waals surface area contributed by atoms with E-state index < -0.39 is 12.0 Å². The molecule has 20 heavy (non-hydrogen) atoms. The van der Waals surface area contributed by atoms with Crippen LogP contribution in [0.1, 0.15) is 20.3 Å². The zero-order valence-corrected chi connectivity index (χ0v) is 12.2. The van der Waals surface area contributed by atoms with Crippen LogP contribution in [0.15, 0.2) is 29.2 Å². The molecule has 1 amide bonds. The summed E-state index contributed by atoms with van der Waals surface area (Å²) in [5.74, 6) is -1.41. The van der Waals surface area contributed by atoms with Crippen LogP contribution in [0.3, 0.4) is 0 Å². The minimum atomic E-state index is -1.03. The van der Waals surface area contributed by atoms with Crippen LogP contribution in [0.4, 0.5) is 4.39 Å². The number of carbonyl (C=O) groups excluding carboxylic acids is 1. The van der Waals surface area contributed by atoms with Gasteiger partial charge in [0.15, 0.2) is 0 Å². The summed E-state index contributed by atoms with van der Waals surface area (Å²) in [5, 5.41) is 11.5. The van der Waals surface area contributed by atoms with Gasteiger partial charge in [0.1, 0.15) is 11.9 Å². The SMILES string of the molecule is CC(C)C[C@H](NC(=O)CSc1ccc(F)cc1)C(=O)O. The van der Waals surface area contributed by atoms with Crippen molar-refractivity contribution < 1.29 is 19.1 Å². The average Bonchev–Trinajstić information content (AvgIpc) is 2.36. The fourth-order valence-electron chi connectivity index (χ4n) is 1.61. The highest BCUT2D eigenvalue weighted by molar-refractivity contribution is 8.00. The zero-order chi connectivity index (χ0) is 15.1. The fraction of sp³-hybridized carbons (Fsp3) is 0.429. The van der Waals surface area contributed by atoms with Gasteiger partial charge in [0.05, 0.1) is 5.75 Å². The molecule has 0 aliphatic carbocycles. The minimum absolute atomic E-state index is 0.105. The highest BCUT2D eigenvalue weighted by Crippen LogP contribution is 2.17. The van der Waals surface area contributed by atoms with Crippen molar-refractivity contribution in [2.24, 2.45) is 5.92 Å². The lowest BCUT2D eigenvalue weighted by molar-refractivity contribution is -0.141. The van der Waals surface area contributed by atoms with Crippen molar-refractivity contribution in [1.82, 2.24) is 5.32 Å². The van der Waals surface area contributed by atoms with Gasteiger partial charge >= 0.3 is 5.97 Å². The van der Waals surface area contributed by atoms with Gasteiger partial charge in [0.2, 0.25) is 5.91 Å². The Morgan fingerprint density at radius 1 is 1.30 bits per heavy atom.